The molecule has 0 unspecified atom stereocenters. The number of rotatable bonds is 3. The number of nitrogens with zero attached hydrogens (tertiary/aromatic N) is 1. The Morgan fingerprint density at radius 2 is 1.81 bits per heavy atom. The molecule has 21 heavy (non-hydrogen) atoms. The van der Waals surface area contributed by atoms with Crippen molar-refractivity contribution in [3.63, 3.8) is 0 Å². The predicted octanol–water partition coefficient (Wildman–Crippen LogP) is 3.33. The molecule has 0 atom stereocenters. The van der Waals surface area contributed by atoms with Crippen molar-refractivity contribution >= 4 is 28.2 Å². The molecule has 0 aliphatic carbocycles. The zero-order valence-corrected chi connectivity index (χ0v) is 10.9. The van der Waals surface area contributed by atoms with Gasteiger partial charge in [0.1, 0.15) is 5.69 Å². The molecule has 2 N–H and O–H groups in total. The van der Waals surface area contributed by atoms with Crippen molar-refractivity contribution in [2.75, 3.05) is 5.32 Å². The average Bonchev–Trinajstić information content (AvgIpc) is 2.91. The number of para-hydroxylation sites is 3. The average molecular weight is 281 g/mol. The first-order valence-corrected chi connectivity index (χ1v) is 6.27. The third-order valence-electron chi connectivity index (χ3n) is 3.18. The number of hydrogen-bond donors (Lipinski definition) is 2. The summed E-state index contributed by atoms with van der Waals surface area (Å²) in [6, 6.07) is 13.4. The van der Waals surface area contributed by atoms with Crippen LogP contribution in [0, 0.1) is 10.1 Å². The van der Waals surface area contributed by atoms with Crippen LogP contribution in [0.2, 0.25) is 0 Å². The number of nitro benzene ring substituents is 1. The van der Waals surface area contributed by atoms with E-state index in [1.54, 1.807) is 18.3 Å². The van der Waals surface area contributed by atoms with Crippen molar-refractivity contribution in [1.29, 1.82) is 0 Å². The van der Waals surface area contributed by atoms with E-state index in [1.807, 2.05) is 24.3 Å². The third-order valence-corrected chi connectivity index (χ3v) is 3.18. The van der Waals surface area contributed by atoms with E-state index in [-0.39, 0.29) is 17.3 Å². The van der Waals surface area contributed by atoms with Gasteiger partial charge in [0.2, 0.25) is 0 Å². The van der Waals surface area contributed by atoms with E-state index in [0.717, 1.165) is 10.9 Å². The van der Waals surface area contributed by atoms with E-state index < -0.39 is 4.92 Å². The summed E-state index contributed by atoms with van der Waals surface area (Å²) in [5, 5.41) is 14.3. The second kappa shape index (κ2) is 5.09. The van der Waals surface area contributed by atoms with Crippen molar-refractivity contribution in [1.82, 2.24) is 4.98 Å². The molecule has 1 aromatic heterocycles. The Bertz CT molecular complexity index is 839. The van der Waals surface area contributed by atoms with Gasteiger partial charge in [0.05, 0.1) is 10.5 Å². The van der Waals surface area contributed by atoms with Crippen LogP contribution in [-0.2, 0) is 0 Å². The minimum Gasteiger partial charge on any atom is -0.360 e. The molecule has 104 valence electrons. The molecule has 0 fully saturated rings. The van der Waals surface area contributed by atoms with Gasteiger partial charge in [-0.15, -0.1) is 0 Å². The van der Waals surface area contributed by atoms with E-state index in [4.69, 9.17) is 0 Å². The molecule has 6 nitrogen and oxygen atoms in total. The van der Waals surface area contributed by atoms with Gasteiger partial charge in [-0.25, -0.2) is 0 Å². The summed E-state index contributed by atoms with van der Waals surface area (Å²) in [6.45, 7) is 0. The number of benzene rings is 2. The molecule has 0 saturated heterocycles. The van der Waals surface area contributed by atoms with Crippen LogP contribution in [0.4, 0.5) is 11.4 Å². The normalized spacial score (nSPS) is 10.5. The fraction of sp³-hybridized carbons (Fsp3) is 0. The Morgan fingerprint density at radius 1 is 1.10 bits per heavy atom. The number of H-pyrrole nitrogens is 1. The van der Waals surface area contributed by atoms with Crippen molar-refractivity contribution in [3.8, 4) is 0 Å². The van der Waals surface area contributed by atoms with Crippen LogP contribution >= 0.6 is 0 Å². The van der Waals surface area contributed by atoms with Crippen LogP contribution in [0.25, 0.3) is 10.9 Å². The van der Waals surface area contributed by atoms with Gasteiger partial charge >= 0.3 is 0 Å². The van der Waals surface area contributed by atoms with Crippen LogP contribution < -0.4 is 5.32 Å². The Kier molecular flexibility index (Phi) is 3.12. The summed E-state index contributed by atoms with van der Waals surface area (Å²) in [4.78, 5) is 25.7. The molecule has 0 spiro atoms. The first kappa shape index (κ1) is 12.9. The molecule has 0 aliphatic rings. The lowest BCUT2D eigenvalue weighted by molar-refractivity contribution is -0.383. The van der Waals surface area contributed by atoms with Crippen molar-refractivity contribution < 1.29 is 9.72 Å². The summed E-state index contributed by atoms with van der Waals surface area (Å²) in [5.74, 6) is -0.387. The number of fused-ring (bicyclic) bond motifs is 1. The number of aromatic nitrogens is 1. The van der Waals surface area contributed by atoms with Crippen molar-refractivity contribution in [2.45, 2.75) is 0 Å². The summed E-state index contributed by atoms with van der Waals surface area (Å²) in [7, 11) is 0. The zero-order chi connectivity index (χ0) is 14.8. The molecule has 0 bridgehead atoms. The maximum absolute atomic E-state index is 12.3. The van der Waals surface area contributed by atoms with E-state index in [2.05, 4.69) is 10.3 Å². The van der Waals surface area contributed by atoms with Gasteiger partial charge < -0.3 is 10.3 Å². The van der Waals surface area contributed by atoms with E-state index in [0.29, 0.717) is 5.56 Å². The maximum atomic E-state index is 12.3. The van der Waals surface area contributed by atoms with Gasteiger partial charge in [-0.1, -0.05) is 30.3 Å². The second-order valence-electron chi connectivity index (χ2n) is 4.48. The lowest BCUT2D eigenvalue weighted by Crippen LogP contribution is -2.12. The van der Waals surface area contributed by atoms with E-state index >= 15 is 0 Å². The maximum Gasteiger partial charge on any atom is 0.292 e. The minimum absolute atomic E-state index is 0.134. The molecule has 0 aliphatic heterocycles. The predicted molar refractivity (Wildman–Crippen MR) is 79.3 cm³/mol. The summed E-state index contributed by atoms with van der Waals surface area (Å²) >= 11 is 0. The highest BCUT2D eigenvalue weighted by atomic mass is 16.6. The summed E-state index contributed by atoms with van der Waals surface area (Å²) in [5.41, 5.74) is 1.33. The van der Waals surface area contributed by atoms with Crippen LogP contribution in [0.1, 0.15) is 10.4 Å². The molecule has 0 radical (unpaired) electrons. The first-order chi connectivity index (χ1) is 10.2. The largest absolute Gasteiger partial charge is 0.360 e. The Hall–Kier alpha value is -3.15. The van der Waals surface area contributed by atoms with Crippen molar-refractivity contribution in [2.24, 2.45) is 0 Å². The summed E-state index contributed by atoms with van der Waals surface area (Å²) < 4.78 is 0. The number of aromatic amines is 1. The van der Waals surface area contributed by atoms with E-state index in [1.165, 1.54) is 12.1 Å². The molecular weight excluding hydrogens is 270 g/mol. The zero-order valence-electron chi connectivity index (χ0n) is 10.9. The highest BCUT2D eigenvalue weighted by Gasteiger charge is 2.17. The molecular formula is C15H11N3O3. The quantitative estimate of drug-likeness (QED) is 0.570. The van der Waals surface area contributed by atoms with Crippen LogP contribution in [0.15, 0.2) is 54.7 Å². The van der Waals surface area contributed by atoms with Gasteiger partial charge in [-0.2, -0.15) is 0 Å². The van der Waals surface area contributed by atoms with Crippen LogP contribution in [-0.4, -0.2) is 15.8 Å². The number of amides is 1. The number of anilines is 1. The molecule has 0 saturated carbocycles. The smallest absolute Gasteiger partial charge is 0.292 e. The number of nitro groups is 1. The van der Waals surface area contributed by atoms with Gasteiger partial charge in [-0.05, 0) is 12.1 Å². The molecule has 1 amide bonds. The topological polar surface area (TPSA) is 88.0 Å². The van der Waals surface area contributed by atoms with E-state index in [9.17, 15) is 14.9 Å². The van der Waals surface area contributed by atoms with Gasteiger partial charge in [0.25, 0.3) is 11.6 Å². The Balaban J connectivity index is 1.96. The lowest BCUT2D eigenvalue weighted by atomic mass is 10.1. The molecule has 3 rings (SSSR count). The molecule has 6 heteroatoms. The SMILES string of the molecule is O=C(Nc1ccccc1[N+](=O)[O-])c1c[nH]c2ccccc12. The number of carbonyl (C=O) groups excluding carboxylic acids is 1. The van der Waals surface area contributed by atoms with Gasteiger partial charge in [0.15, 0.2) is 0 Å². The Morgan fingerprint density at radius 3 is 2.62 bits per heavy atom. The van der Waals surface area contributed by atoms with Gasteiger partial charge in [0, 0.05) is 23.2 Å². The highest BCUT2D eigenvalue weighted by molar-refractivity contribution is 6.13. The lowest BCUT2D eigenvalue weighted by Gasteiger charge is -2.05. The van der Waals surface area contributed by atoms with Crippen LogP contribution in [0.3, 0.4) is 0 Å². The van der Waals surface area contributed by atoms with Crippen molar-refractivity contribution in [3.05, 3.63) is 70.4 Å². The number of hydrogen-bond acceptors (Lipinski definition) is 3. The minimum atomic E-state index is -0.523. The van der Waals surface area contributed by atoms with Crippen LogP contribution in [0.5, 0.6) is 0 Å². The fourth-order valence-corrected chi connectivity index (χ4v) is 2.19. The third kappa shape index (κ3) is 2.34. The standard InChI is InChI=1S/C15H11N3O3/c19-15(11-9-16-12-6-2-1-5-10(11)12)17-13-7-3-4-8-14(13)18(20)21/h1-9,16H,(H,17,19). The number of nitrogens with one attached hydrogen (secondary N) is 2. The Labute approximate surface area is 119 Å². The highest BCUT2D eigenvalue weighted by Crippen LogP contribution is 2.25. The summed E-state index contributed by atoms with van der Waals surface area (Å²) in [6.07, 6.45) is 1.59. The molecule has 1 heterocycles. The van der Waals surface area contributed by atoms with Gasteiger partial charge in [-0.3, -0.25) is 14.9 Å². The number of carbonyl (C=O) groups is 1. The molecule has 3 aromatic rings. The monoisotopic (exact) mass is 281 g/mol. The molecule has 2 aromatic carbocycles. The fourth-order valence-electron chi connectivity index (χ4n) is 2.19. The first-order valence-electron chi connectivity index (χ1n) is 6.27. The second-order valence-corrected chi connectivity index (χ2v) is 4.48.